The maximum atomic E-state index is 10.8. The molecule has 1 aromatic carbocycles. The van der Waals surface area contributed by atoms with Gasteiger partial charge in [-0.15, -0.1) is 0 Å². The van der Waals surface area contributed by atoms with Gasteiger partial charge in [-0.05, 0) is 61.2 Å². The van der Waals surface area contributed by atoms with Gasteiger partial charge in [-0.1, -0.05) is 24.3 Å². The van der Waals surface area contributed by atoms with Crippen molar-refractivity contribution < 1.29 is 9.84 Å². The standard InChI is InChI=1S/C24H36N4O2S/c1-5-25-23(27-17-24(4,29)22-10-11-31-16-22)26-12-20-8-6-7-9-21(20)15-28-13-18(2)30-19(3)14-28/h6-11,16,18-19,29H,5,12-15,17H2,1-4H3,(H2,25,26,27). The van der Waals surface area contributed by atoms with Gasteiger partial charge in [0.05, 0.1) is 25.3 Å². The molecule has 2 aromatic rings. The second-order valence-corrected chi connectivity index (χ2v) is 9.33. The topological polar surface area (TPSA) is 69.1 Å². The van der Waals surface area contributed by atoms with E-state index in [1.807, 2.05) is 30.7 Å². The van der Waals surface area contributed by atoms with Gasteiger partial charge in [-0.2, -0.15) is 11.3 Å². The quantitative estimate of drug-likeness (QED) is 0.430. The Morgan fingerprint density at radius 3 is 2.55 bits per heavy atom. The zero-order chi connectivity index (χ0) is 22.3. The van der Waals surface area contributed by atoms with Crippen LogP contribution in [0.2, 0.25) is 0 Å². The van der Waals surface area contributed by atoms with E-state index >= 15 is 0 Å². The van der Waals surface area contributed by atoms with Crippen molar-refractivity contribution in [2.75, 3.05) is 26.2 Å². The molecule has 0 bridgehead atoms. The van der Waals surface area contributed by atoms with Crippen LogP contribution in [0.25, 0.3) is 0 Å². The minimum absolute atomic E-state index is 0.259. The Labute approximate surface area is 190 Å². The van der Waals surface area contributed by atoms with Crippen LogP contribution in [0.15, 0.2) is 46.1 Å². The summed E-state index contributed by atoms with van der Waals surface area (Å²) in [5, 5.41) is 21.3. The molecule has 31 heavy (non-hydrogen) atoms. The van der Waals surface area contributed by atoms with Gasteiger partial charge in [0.1, 0.15) is 5.60 Å². The van der Waals surface area contributed by atoms with E-state index in [0.717, 1.165) is 31.7 Å². The van der Waals surface area contributed by atoms with Crippen LogP contribution in [0.4, 0.5) is 0 Å². The zero-order valence-corrected chi connectivity index (χ0v) is 19.9. The molecule has 0 aliphatic carbocycles. The van der Waals surface area contributed by atoms with Crippen LogP contribution in [0.3, 0.4) is 0 Å². The molecule has 1 aliphatic rings. The Hall–Kier alpha value is -1.93. The van der Waals surface area contributed by atoms with Crippen molar-refractivity contribution in [2.24, 2.45) is 4.99 Å². The second kappa shape index (κ2) is 11.1. The Balaban J connectivity index is 1.65. The van der Waals surface area contributed by atoms with Gasteiger partial charge in [0, 0.05) is 26.2 Å². The lowest BCUT2D eigenvalue weighted by molar-refractivity contribution is -0.0705. The van der Waals surface area contributed by atoms with Crippen LogP contribution in [0.1, 0.15) is 44.4 Å². The summed E-state index contributed by atoms with van der Waals surface area (Å²) in [6, 6.07) is 10.5. The fourth-order valence-electron chi connectivity index (χ4n) is 3.96. The summed E-state index contributed by atoms with van der Waals surface area (Å²) < 4.78 is 5.87. The number of aliphatic imine (C=N–C) groups is 1. The minimum atomic E-state index is -0.947. The molecule has 0 amide bonds. The monoisotopic (exact) mass is 444 g/mol. The third kappa shape index (κ3) is 7.04. The Kier molecular flexibility index (Phi) is 8.49. The minimum Gasteiger partial charge on any atom is -0.384 e. The molecule has 1 saturated heterocycles. The molecular weight excluding hydrogens is 408 g/mol. The normalized spacial score (nSPS) is 22.2. The molecule has 6 nitrogen and oxygen atoms in total. The predicted molar refractivity (Wildman–Crippen MR) is 128 cm³/mol. The molecule has 1 fully saturated rings. The SMILES string of the molecule is CCNC(=NCc1ccccc1CN1CC(C)OC(C)C1)NCC(C)(O)c1ccsc1. The predicted octanol–water partition coefficient (Wildman–Crippen LogP) is 3.32. The maximum absolute atomic E-state index is 10.8. The molecule has 3 N–H and O–H groups in total. The first kappa shape index (κ1) is 23.7. The van der Waals surface area contributed by atoms with Gasteiger partial charge in [0.25, 0.3) is 0 Å². The molecule has 0 spiro atoms. The lowest BCUT2D eigenvalue weighted by atomic mass is 9.99. The van der Waals surface area contributed by atoms with Gasteiger partial charge in [0.2, 0.25) is 0 Å². The van der Waals surface area contributed by atoms with Crippen molar-refractivity contribution >= 4 is 17.3 Å². The van der Waals surface area contributed by atoms with Crippen molar-refractivity contribution in [1.29, 1.82) is 0 Å². The van der Waals surface area contributed by atoms with Crippen molar-refractivity contribution in [2.45, 2.75) is 58.6 Å². The fourth-order valence-corrected chi connectivity index (χ4v) is 4.74. The average Bonchev–Trinajstić information content (AvgIpc) is 3.26. The lowest BCUT2D eigenvalue weighted by Gasteiger charge is -2.35. The molecule has 3 atom stereocenters. The van der Waals surface area contributed by atoms with Crippen molar-refractivity contribution in [3.8, 4) is 0 Å². The highest BCUT2D eigenvalue weighted by atomic mass is 32.1. The van der Waals surface area contributed by atoms with E-state index in [1.165, 1.54) is 11.1 Å². The first-order valence-electron chi connectivity index (χ1n) is 11.1. The smallest absolute Gasteiger partial charge is 0.191 e. The molecule has 3 rings (SSSR count). The number of benzene rings is 1. The summed E-state index contributed by atoms with van der Waals surface area (Å²) >= 11 is 1.59. The van der Waals surface area contributed by atoms with Crippen LogP contribution in [0, 0.1) is 0 Å². The Morgan fingerprint density at radius 2 is 1.90 bits per heavy atom. The summed E-state index contributed by atoms with van der Waals surface area (Å²) in [7, 11) is 0. The summed E-state index contributed by atoms with van der Waals surface area (Å²) in [6.07, 6.45) is 0.518. The third-order valence-electron chi connectivity index (χ3n) is 5.50. The number of hydrogen-bond acceptors (Lipinski definition) is 5. The number of thiophene rings is 1. The highest BCUT2D eigenvalue weighted by Crippen LogP contribution is 2.22. The Morgan fingerprint density at radius 1 is 1.19 bits per heavy atom. The van der Waals surface area contributed by atoms with Crippen LogP contribution in [0.5, 0.6) is 0 Å². The van der Waals surface area contributed by atoms with E-state index in [0.29, 0.717) is 19.0 Å². The zero-order valence-electron chi connectivity index (χ0n) is 19.1. The number of guanidine groups is 1. The fraction of sp³-hybridized carbons (Fsp3) is 0.542. The summed E-state index contributed by atoms with van der Waals surface area (Å²) in [5.41, 5.74) is 2.49. The number of aliphatic hydroxyl groups is 1. The van der Waals surface area contributed by atoms with Crippen molar-refractivity contribution in [3.63, 3.8) is 0 Å². The summed E-state index contributed by atoms with van der Waals surface area (Å²) in [4.78, 5) is 7.26. The van der Waals surface area contributed by atoms with Crippen molar-refractivity contribution in [3.05, 3.63) is 57.8 Å². The van der Waals surface area contributed by atoms with E-state index in [1.54, 1.807) is 11.3 Å². The summed E-state index contributed by atoms with van der Waals surface area (Å²) in [6.45, 7) is 12.7. The van der Waals surface area contributed by atoms with Gasteiger partial charge >= 0.3 is 0 Å². The van der Waals surface area contributed by atoms with Crippen LogP contribution in [-0.4, -0.2) is 54.4 Å². The third-order valence-corrected chi connectivity index (χ3v) is 6.19. The largest absolute Gasteiger partial charge is 0.384 e. The molecule has 2 heterocycles. The molecule has 1 aliphatic heterocycles. The number of nitrogens with zero attached hydrogens (tertiary/aromatic N) is 2. The number of nitrogens with one attached hydrogen (secondary N) is 2. The molecule has 0 saturated carbocycles. The van der Waals surface area contributed by atoms with Gasteiger partial charge in [-0.25, -0.2) is 4.99 Å². The van der Waals surface area contributed by atoms with Crippen LogP contribution in [-0.2, 0) is 23.4 Å². The van der Waals surface area contributed by atoms with E-state index in [4.69, 9.17) is 9.73 Å². The van der Waals surface area contributed by atoms with Crippen LogP contribution >= 0.6 is 11.3 Å². The first-order valence-corrected chi connectivity index (χ1v) is 12.0. The molecule has 3 unspecified atom stereocenters. The van der Waals surface area contributed by atoms with E-state index in [2.05, 4.69) is 53.6 Å². The number of rotatable bonds is 8. The highest BCUT2D eigenvalue weighted by molar-refractivity contribution is 7.08. The lowest BCUT2D eigenvalue weighted by Crippen LogP contribution is -2.45. The first-order chi connectivity index (χ1) is 14.9. The number of hydrogen-bond donors (Lipinski definition) is 3. The molecule has 170 valence electrons. The number of ether oxygens (including phenoxy) is 1. The van der Waals surface area contributed by atoms with E-state index in [9.17, 15) is 5.11 Å². The van der Waals surface area contributed by atoms with E-state index in [-0.39, 0.29) is 12.2 Å². The molecule has 7 heteroatoms. The van der Waals surface area contributed by atoms with E-state index < -0.39 is 5.60 Å². The molecular formula is C24H36N4O2S. The average molecular weight is 445 g/mol. The second-order valence-electron chi connectivity index (χ2n) is 8.55. The molecule has 1 aromatic heterocycles. The van der Waals surface area contributed by atoms with Gasteiger partial charge in [-0.3, -0.25) is 4.90 Å². The summed E-state index contributed by atoms with van der Waals surface area (Å²) in [5.74, 6) is 0.710. The Bertz CT molecular complexity index is 828. The highest BCUT2D eigenvalue weighted by Gasteiger charge is 2.24. The number of morpholine rings is 1. The maximum Gasteiger partial charge on any atom is 0.191 e. The van der Waals surface area contributed by atoms with Gasteiger partial charge < -0.3 is 20.5 Å². The van der Waals surface area contributed by atoms with Gasteiger partial charge in [0.15, 0.2) is 5.96 Å². The molecule has 0 radical (unpaired) electrons. The van der Waals surface area contributed by atoms with Crippen molar-refractivity contribution in [1.82, 2.24) is 15.5 Å². The van der Waals surface area contributed by atoms with Crippen LogP contribution < -0.4 is 10.6 Å².